The Morgan fingerprint density at radius 2 is 2.30 bits per heavy atom. The lowest BCUT2D eigenvalue weighted by Crippen LogP contribution is -2.28. The largest absolute Gasteiger partial charge is 0.481 e. The number of hydrogen-bond donors (Lipinski definition) is 3. The van der Waals surface area contributed by atoms with Gasteiger partial charge in [-0.05, 0) is 29.7 Å². The zero-order valence-corrected chi connectivity index (χ0v) is 10.7. The van der Waals surface area contributed by atoms with Crippen LogP contribution < -0.4 is 5.32 Å². The number of cyclic esters (lactones) is 1. The van der Waals surface area contributed by atoms with Crippen LogP contribution in [0.5, 0.6) is 0 Å². The van der Waals surface area contributed by atoms with Crippen molar-refractivity contribution >= 4 is 23.0 Å². The molecule has 2 heterocycles. The Labute approximate surface area is 114 Å². The molecule has 0 spiro atoms. The number of alkyl carbamates (subject to hydrolysis) is 1. The van der Waals surface area contributed by atoms with E-state index < -0.39 is 5.97 Å². The summed E-state index contributed by atoms with van der Waals surface area (Å²) in [5.41, 5.74) is 2.72. The van der Waals surface area contributed by atoms with Crippen molar-refractivity contribution in [2.75, 3.05) is 6.61 Å². The number of carbonyl (C=O) groups excluding carboxylic acids is 1. The van der Waals surface area contributed by atoms with Gasteiger partial charge in [0.05, 0.1) is 12.5 Å². The standard InChI is InChI=1S/C14H14N2O4/c17-13(18)5-9-6-15-12-2-1-8(4-11(9)12)3-10-7-20-14(19)16-10/h1-2,4,6,10,15H,3,5,7H2,(H,16,19)(H,17,18)/t10-/m0/s1. The Morgan fingerprint density at radius 1 is 1.45 bits per heavy atom. The highest BCUT2D eigenvalue weighted by molar-refractivity contribution is 5.87. The van der Waals surface area contributed by atoms with Crippen molar-refractivity contribution < 1.29 is 19.4 Å². The summed E-state index contributed by atoms with van der Waals surface area (Å²) in [7, 11) is 0. The third kappa shape index (κ3) is 2.45. The van der Waals surface area contributed by atoms with Gasteiger partial charge >= 0.3 is 12.1 Å². The van der Waals surface area contributed by atoms with Gasteiger partial charge in [-0.1, -0.05) is 6.07 Å². The zero-order chi connectivity index (χ0) is 14.1. The Kier molecular flexibility index (Phi) is 3.06. The number of carboxylic acids is 1. The molecule has 1 atom stereocenters. The number of amides is 1. The topological polar surface area (TPSA) is 91.4 Å². The highest BCUT2D eigenvalue weighted by Gasteiger charge is 2.22. The predicted octanol–water partition coefficient (Wildman–Crippen LogP) is 1.45. The average Bonchev–Trinajstić information content (AvgIpc) is 2.96. The molecule has 0 unspecified atom stereocenters. The molecular formula is C14H14N2O4. The van der Waals surface area contributed by atoms with Crippen molar-refractivity contribution in [2.45, 2.75) is 18.9 Å². The second-order valence-corrected chi connectivity index (χ2v) is 4.91. The number of rotatable bonds is 4. The number of hydrogen-bond acceptors (Lipinski definition) is 3. The van der Waals surface area contributed by atoms with Gasteiger partial charge in [-0.25, -0.2) is 4.79 Å². The minimum atomic E-state index is -0.854. The first-order valence-corrected chi connectivity index (χ1v) is 6.36. The molecule has 6 nitrogen and oxygen atoms in total. The normalized spacial score (nSPS) is 18.0. The molecule has 1 aliphatic heterocycles. The SMILES string of the molecule is O=C(O)Cc1c[nH]c2ccc(C[C@H]3COC(=O)N3)cc12. The Morgan fingerprint density at radius 3 is 3.00 bits per heavy atom. The van der Waals surface area contributed by atoms with Gasteiger partial charge in [0.1, 0.15) is 6.61 Å². The minimum absolute atomic E-state index is 0.00721. The summed E-state index contributed by atoms with van der Waals surface area (Å²) < 4.78 is 4.85. The highest BCUT2D eigenvalue weighted by atomic mass is 16.6. The van der Waals surface area contributed by atoms with Crippen molar-refractivity contribution in [1.82, 2.24) is 10.3 Å². The average molecular weight is 274 g/mol. The lowest BCUT2D eigenvalue weighted by Gasteiger charge is -2.07. The maximum Gasteiger partial charge on any atom is 0.407 e. The molecule has 1 aromatic carbocycles. The maximum atomic E-state index is 11.0. The quantitative estimate of drug-likeness (QED) is 0.786. The van der Waals surface area contributed by atoms with Gasteiger partial charge in [0.25, 0.3) is 0 Å². The molecule has 3 N–H and O–H groups in total. The van der Waals surface area contributed by atoms with Gasteiger partial charge in [-0.2, -0.15) is 0 Å². The first-order valence-electron chi connectivity index (χ1n) is 6.36. The van der Waals surface area contributed by atoms with Gasteiger partial charge in [0.2, 0.25) is 0 Å². The summed E-state index contributed by atoms with van der Waals surface area (Å²) >= 11 is 0. The first-order chi connectivity index (χ1) is 9.61. The monoisotopic (exact) mass is 274 g/mol. The van der Waals surface area contributed by atoms with Crippen molar-refractivity contribution in [3.05, 3.63) is 35.5 Å². The van der Waals surface area contributed by atoms with Crippen molar-refractivity contribution in [3.8, 4) is 0 Å². The molecule has 0 bridgehead atoms. The van der Waals surface area contributed by atoms with Crippen LogP contribution in [0.15, 0.2) is 24.4 Å². The molecule has 1 aromatic heterocycles. The Bertz CT molecular complexity index is 677. The van der Waals surface area contributed by atoms with E-state index in [1.807, 2.05) is 18.2 Å². The number of carbonyl (C=O) groups is 2. The van der Waals surface area contributed by atoms with Crippen LogP contribution in [-0.4, -0.2) is 34.8 Å². The highest BCUT2D eigenvalue weighted by Crippen LogP contribution is 2.21. The number of aromatic nitrogens is 1. The van der Waals surface area contributed by atoms with E-state index in [4.69, 9.17) is 9.84 Å². The summed E-state index contributed by atoms with van der Waals surface area (Å²) in [6, 6.07) is 5.83. The van der Waals surface area contributed by atoms with E-state index in [9.17, 15) is 9.59 Å². The summed E-state index contributed by atoms with van der Waals surface area (Å²) in [5, 5.41) is 12.5. The van der Waals surface area contributed by atoms with Crippen LogP contribution in [0, 0.1) is 0 Å². The number of carboxylic acid groups (broad SMARTS) is 1. The predicted molar refractivity (Wildman–Crippen MR) is 71.6 cm³/mol. The van der Waals surface area contributed by atoms with E-state index in [1.54, 1.807) is 6.20 Å². The number of aromatic amines is 1. The maximum absolute atomic E-state index is 11.0. The molecule has 0 aliphatic carbocycles. The fraction of sp³-hybridized carbons (Fsp3) is 0.286. The molecule has 1 amide bonds. The summed E-state index contributed by atoms with van der Waals surface area (Å²) in [5.74, 6) is -0.854. The van der Waals surface area contributed by atoms with E-state index in [-0.39, 0.29) is 18.6 Å². The number of benzene rings is 1. The van der Waals surface area contributed by atoms with Crippen LogP contribution in [0.1, 0.15) is 11.1 Å². The van der Waals surface area contributed by atoms with E-state index in [2.05, 4.69) is 10.3 Å². The molecule has 1 fully saturated rings. The van der Waals surface area contributed by atoms with Gasteiger partial charge in [0, 0.05) is 17.1 Å². The molecule has 1 aliphatic rings. The molecule has 0 radical (unpaired) electrons. The van der Waals surface area contributed by atoms with E-state index in [1.165, 1.54) is 0 Å². The zero-order valence-electron chi connectivity index (χ0n) is 10.7. The summed E-state index contributed by atoms with van der Waals surface area (Å²) in [6.07, 6.45) is 2.00. The van der Waals surface area contributed by atoms with Crippen LogP contribution in [0.4, 0.5) is 4.79 Å². The number of nitrogens with one attached hydrogen (secondary N) is 2. The fourth-order valence-corrected chi connectivity index (χ4v) is 2.48. The third-order valence-corrected chi connectivity index (χ3v) is 3.39. The van der Waals surface area contributed by atoms with E-state index >= 15 is 0 Å². The second-order valence-electron chi connectivity index (χ2n) is 4.91. The molecule has 6 heteroatoms. The van der Waals surface area contributed by atoms with Crippen LogP contribution in [-0.2, 0) is 22.4 Å². The lowest BCUT2D eigenvalue weighted by molar-refractivity contribution is -0.136. The van der Waals surface area contributed by atoms with Crippen LogP contribution >= 0.6 is 0 Å². The smallest absolute Gasteiger partial charge is 0.407 e. The van der Waals surface area contributed by atoms with Gasteiger partial charge in [0.15, 0.2) is 0 Å². The third-order valence-electron chi connectivity index (χ3n) is 3.39. The van der Waals surface area contributed by atoms with E-state index in [0.717, 1.165) is 22.0 Å². The molecule has 20 heavy (non-hydrogen) atoms. The molecule has 2 aromatic rings. The molecule has 1 saturated heterocycles. The van der Waals surface area contributed by atoms with Crippen LogP contribution in [0.2, 0.25) is 0 Å². The van der Waals surface area contributed by atoms with Gasteiger partial charge in [-0.15, -0.1) is 0 Å². The van der Waals surface area contributed by atoms with Gasteiger partial charge < -0.3 is 20.1 Å². The summed E-state index contributed by atoms with van der Waals surface area (Å²) in [4.78, 5) is 24.9. The molecule has 104 valence electrons. The van der Waals surface area contributed by atoms with Crippen LogP contribution in [0.25, 0.3) is 10.9 Å². The van der Waals surface area contributed by atoms with E-state index in [0.29, 0.717) is 13.0 Å². The Balaban J connectivity index is 1.85. The number of aliphatic carboxylic acids is 1. The number of ether oxygens (including phenoxy) is 1. The first kappa shape index (κ1) is 12.5. The molecular weight excluding hydrogens is 260 g/mol. The summed E-state index contributed by atoms with van der Waals surface area (Å²) in [6.45, 7) is 0.367. The minimum Gasteiger partial charge on any atom is -0.481 e. The lowest BCUT2D eigenvalue weighted by atomic mass is 10.0. The van der Waals surface area contributed by atoms with Gasteiger partial charge in [-0.3, -0.25) is 4.79 Å². The molecule has 3 rings (SSSR count). The van der Waals surface area contributed by atoms with Crippen LogP contribution in [0.3, 0.4) is 0 Å². The number of fused-ring (bicyclic) bond motifs is 1. The molecule has 0 saturated carbocycles. The number of H-pyrrole nitrogens is 1. The Hall–Kier alpha value is -2.50. The second kappa shape index (κ2) is 4.88. The van der Waals surface area contributed by atoms with Crippen molar-refractivity contribution in [3.63, 3.8) is 0 Å². The van der Waals surface area contributed by atoms with Crippen molar-refractivity contribution in [1.29, 1.82) is 0 Å². The van der Waals surface area contributed by atoms with Crippen molar-refractivity contribution in [2.24, 2.45) is 0 Å². The fourth-order valence-electron chi connectivity index (χ4n) is 2.48.